The van der Waals surface area contributed by atoms with E-state index in [1.807, 2.05) is 20.8 Å². The first-order valence-corrected chi connectivity index (χ1v) is 10.6. The Bertz CT molecular complexity index is 710. The van der Waals surface area contributed by atoms with Gasteiger partial charge in [-0.05, 0) is 31.4 Å². The number of rotatable bonds is 12. The molecule has 0 amide bonds. The quantitative estimate of drug-likeness (QED) is 0.151. The predicted octanol–water partition coefficient (Wildman–Crippen LogP) is 5.01. The van der Waals surface area contributed by atoms with E-state index in [0.29, 0.717) is 19.8 Å². The molecule has 0 aliphatic carbocycles. The van der Waals surface area contributed by atoms with Crippen molar-refractivity contribution in [3.05, 3.63) is 47.5 Å². The molecule has 1 aromatic rings. The van der Waals surface area contributed by atoms with Crippen molar-refractivity contribution in [2.45, 2.75) is 59.3 Å². The van der Waals surface area contributed by atoms with E-state index in [4.69, 9.17) is 14.7 Å². The van der Waals surface area contributed by atoms with E-state index in [2.05, 4.69) is 11.3 Å². The zero-order valence-electron chi connectivity index (χ0n) is 18.8. The molecule has 1 rings (SSSR count). The van der Waals surface area contributed by atoms with E-state index in [0.717, 1.165) is 38.5 Å². The van der Waals surface area contributed by atoms with Gasteiger partial charge in [-0.25, -0.2) is 14.4 Å². The molecule has 0 aliphatic rings. The number of nitrogens with zero attached hydrogens (tertiary/aromatic N) is 1. The third-order valence-electron chi connectivity index (χ3n) is 3.94. The van der Waals surface area contributed by atoms with E-state index < -0.39 is 17.9 Å². The van der Waals surface area contributed by atoms with Crippen molar-refractivity contribution in [3.8, 4) is 6.07 Å². The molecule has 0 aliphatic heterocycles. The Labute approximate surface area is 185 Å². The van der Waals surface area contributed by atoms with Crippen molar-refractivity contribution < 1.29 is 28.6 Å². The minimum absolute atomic E-state index is 0.138. The Balaban J connectivity index is 0.000000695. The maximum atomic E-state index is 11.9. The van der Waals surface area contributed by atoms with Crippen LogP contribution in [0.15, 0.2) is 36.4 Å². The fraction of sp³-hybridized carbons (Fsp3) is 0.500. The molecule has 31 heavy (non-hydrogen) atoms. The minimum atomic E-state index is -0.610. The summed E-state index contributed by atoms with van der Waals surface area (Å²) in [6, 6.07) is 8.21. The SMILES string of the molecule is C=C(C#N)C(=O)OCCCC.CCCCOC(=O)c1ccccc1C(=O)OCCCC. The highest BCUT2D eigenvalue weighted by Crippen LogP contribution is 2.12. The summed E-state index contributed by atoms with van der Waals surface area (Å²) in [5.74, 6) is -1.55. The number of carbonyl (C=O) groups excluding carboxylic acids is 3. The van der Waals surface area contributed by atoms with Crippen LogP contribution >= 0.6 is 0 Å². The van der Waals surface area contributed by atoms with Gasteiger partial charge in [-0.2, -0.15) is 5.26 Å². The van der Waals surface area contributed by atoms with Crippen LogP contribution in [0.4, 0.5) is 0 Å². The first-order valence-electron chi connectivity index (χ1n) is 10.6. The van der Waals surface area contributed by atoms with Crippen LogP contribution in [-0.4, -0.2) is 37.7 Å². The molecule has 0 aromatic heterocycles. The van der Waals surface area contributed by atoms with Gasteiger partial charge in [0.2, 0.25) is 0 Å². The molecule has 0 spiro atoms. The molecule has 0 unspecified atom stereocenters. The molecular weight excluding hydrogens is 398 g/mol. The number of hydrogen-bond donors (Lipinski definition) is 0. The molecule has 0 radical (unpaired) electrons. The van der Waals surface area contributed by atoms with Gasteiger partial charge in [-0.3, -0.25) is 0 Å². The Morgan fingerprint density at radius 2 is 1.19 bits per heavy atom. The second kappa shape index (κ2) is 17.7. The van der Waals surface area contributed by atoms with Crippen LogP contribution in [0.3, 0.4) is 0 Å². The zero-order valence-corrected chi connectivity index (χ0v) is 18.8. The van der Waals surface area contributed by atoms with Crippen molar-refractivity contribution in [2.75, 3.05) is 19.8 Å². The van der Waals surface area contributed by atoms with Crippen molar-refractivity contribution in [1.82, 2.24) is 0 Å². The minimum Gasteiger partial charge on any atom is -0.462 e. The van der Waals surface area contributed by atoms with E-state index in [1.54, 1.807) is 30.3 Å². The molecule has 1 aromatic carbocycles. The summed E-state index contributed by atoms with van der Waals surface area (Å²) in [7, 11) is 0. The van der Waals surface area contributed by atoms with Crippen molar-refractivity contribution in [2.24, 2.45) is 0 Å². The lowest BCUT2D eigenvalue weighted by molar-refractivity contribution is -0.138. The van der Waals surface area contributed by atoms with Crippen LogP contribution in [0.1, 0.15) is 80.0 Å². The number of hydrogen-bond acceptors (Lipinski definition) is 7. The van der Waals surface area contributed by atoms with Gasteiger partial charge in [0.25, 0.3) is 0 Å². The lowest BCUT2D eigenvalue weighted by Gasteiger charge is -2.09. The summed E-state index contributed by atoms with van der Waals surface area (Å²) in [5, 5.41) is 8.21. The Morgan fingerprint density at radius 3 is 1.55 bits per heavy atom. The second-order valence-corrected chi connectivity index (χ2v) is 6.60. The topological polar surface area (TPSA) is 103 Å². The molecule has 170 valence electrons. The van der Waals surface area contributed by atoms with Crippen LogP contribution in [0.25, 0.3) is 0 Å². The number of carbonyl (C=O) groups is 3. The maximum absolute atomic E-state index is 11.9. The van der Waals surface area contributed by atoms with E-state index >= 15 is 0 Å². The number of nitriles is 1. The summed E-state index contributed by atoms with van der Waals surface area (Å²) in [5.41, 5.74) is 0.399. The van der Waals surface area contributed by atoms with Gasteiger partial charge in [0, 0.05) is 0 Å². The van der Waals surface area contributed by atoms with Gasteiger partial charge in [0.05, 0.1) is 30.9 Å². The monoisotopic (exact) mass is 431 g/mol. The highest BCUT2D eigenvalue weighted by Gasteiger charge is 2.18. The average Bonchev–Trinajstić information content (AvgIpc) is 2.79. The first kappa shape index (κ1) is 27.9. The normalized spacial score (nSPS) is 9.48. The average molecular weight is 432 g/mol. The van der Waals surface area contributed by atoms with Gasteiger partial charge in [0.1, 0.15) is 11.6 Å². The molecule has 0 saturated heterocycles. The fourth-order valence-corrected chi connectivity index (χ4v) is 2.05. The van der Waals surface area contributed by atoms with E-state index in [9.17, 15) is 14.4 Å². The lowest BCUT2D eigenvalue weighted by atomic mass is 10.1. The van der Waals surface area contributed by atoms with Gasteiger partial charge in [0.15, 0.2) is 0 Å². The Kier molecular flexibility index (Phi) is 15.9. The number of ether oxygens (including phenoxy) is 3. The summed E-state index contributed by atoms with van der Waals surface area (Å²) in [6.45, 7) is 10.4. The first-order chi connectivity index (χ1) is 14.9. The van der Waals surface area contributed by atoms with Crippen LogP contribution in [0.5, 0.6) is 0 Å². The molecular formula is C24H33NO6. The highest BCUT2D eigenvalue weighted by molar-refractivity contribution is 6.03. The van der Waals surface area contributed by atoms with Crippen molar-refractivity contribution in [1.29, 1.82) is 5.26 Å². The molecule has 0 fully saturated rings. The zero-order chi connectivity index (χ0) is 23.5. The molecule has 0 saturated carbocycles. The van der Waals surface area contributed by atoms with Crippen LogP contribution < -0.4 is 0 Å². The van der Waals surface area contributed by atoms with Crippen molar-refractivity contribution in [3.63, 3.8) is 0 Å². The van der Waals surface area contributed by atoms with Gasteiger partial charge in [-0.15, -0.1) is 0 Å². The van der Waals surface area contributed by atoms with Gasteiger partial charge >= 0.3 is 17.9 Å². The molecule has 0 bridgehead atoms. The Hall–Kier alpha value is -3.14. The third kappa shape index (κ3) is 12.2. The van der Waals surface area contributed by atoms with Gasteiger partial charge < -0.3 is 14.2 Å². The molecule has 7 heteroatoms. The van der Waals surface area contributed by atoms with Crippen LogP contribution in [-0.2, 0) is 19.0 Å². The predicted molar refractivity (Wildman–Crippen MR) is 117 cm³/mol. The summed E-state index contributed by atoms with van der Waals surface area (Å²) >= 11 is 0. The molecule has 0 atom stereocenters. The van der Waals surface area contributed by atoms with Crippen LogP contribution in [0, 0.1) is 11.3 Å². The van der Waals surface area contributed by atoms with E-state index in [1.165, 1.54) is 0 Å². The third-order valence-corrected chi connectivity index (χ3v) is 3.94. The molecule has 0 heterocycles. The number of unbranched alkanes of at least 4 members (excludes halogenated alkanes) is 3. The summed E-state index contributed by atoms with van der Waals surface area (Å²) < 4.78 is 15.0. The summed E-state index contributed by atoms with van der Waals surface area (Å²) in [4.78, 5) is 34.6. The standard InChI is InChI=1S/C16H22O4.C8H11NO2/c1-3-5-11-19-15(17)13-9-7-8-10-14(13)16(18)20-12-6-4-2;1-3-4-5-11-8(10)7(2)6-9/h7-10H,3-6,11-12H2,1-2H3;2-5H2,1H3. The maximum Gasteiger partial charge on any atom is 0.348 e. The van der Waals surface area contributed by atoms with Crippen molar-refractivity contribution >= 4 is 17.9 Å². The fourth-order valence-electron chi connectivity index (χ4n) is 2.05. The number of benzene rings is 1. The second-order valence-electron chi connectivity index (χ2n) is 6.60. The number of esters is 3. The smallest absolute Gasteiger partial charge is 0.348 e. The molecule has 7 nitrogen and oxygen atoms in total. The van der Waals surface area contributed by atoms with Gasteiger partial charge in [-0.1, -0.05) is 58.7 Å². The Morgan fingerprint density at radius 1 is 0.806 bits per heavy atom. The summed E-state index contributed by atoms with van der Waals surface area (Å²) in [6.07, 6.45) is 5.32. The molecule has 0 N–H and O–H groups in total. The van der Waals surface area contributed by atoms with Crippen LogP contribution in [0.2, 0.25) is 0 Å². The highest BCUT2D eigenvalue weighted by atomic mass is 16.5. The van der Waals surface area contributed by atoms with E-state index in [-0.39, 0.29) is 16.7 Å². The largest absolute Gasteiger partial charge is 0.462 e. The lowest BCUT2D eigenvalue weighted by Crippen LogP contribution is -2.14.